The van der Waals surface area contributed by atoms with Crippen LogP contribution in [0.25, 0.3) is 0 Å². The lowest BCUT2D eigenvalue weighted by Crippen LogP contribution is -2.34. The van der Waals surface area contributed by atoms with E-state index in [1.165, 1.54) is 0 Å². The molecule has 0 saturated heterocycles. The predicted molar refractivity (Wildman–Crippen MR) is 61.8 cm³/mol. The zero-order chi connectivity index (χ0) is 11.5. The largest absolute Gasteiger partial charge is 0.328 e. The van der Waals surface area contributed by atoms with Gasteiger partial charge in [-0.2, -0.15) is 5.10 Å². The van der Waals surface area contributed by atoms with Crippen LogP contribution in [0.1, 0.15) is 25.7 Å². The highest BCUT2D eigenvalue weighted by Gasteiger charge is 2.25. The molecule has 0 aromatic carbocycles. The van der Waals surface area contributed by atoms with Gasteiger partial charge in [0.1, 0.15) is 5.82 Å². The Morgan fingerprint density at radius 3 is 3.06 bits per heavy atom. The quantitative estimate of drug-likeness (QED) is 0.780. The number of nitrogens with zero attached hydrogens (tertiary/aromatic N) is 2. The molecule has 1 aromatic rings. The van der Waals surface area contributed by atoms with Crippen LogP contribution >= 0.6 is 0 Å². The zero-order valence-corrected chi connectivity index (χ0v) is 9.52. The molecule has 1 heterocycles. The van der Waals surface area contributed by atoms with Crippen LogP contribution in [0.2, 0.25) is 0 Å². The third-order valence-electron chi connectivity index (χ3n) is 3.16. The highest BCUT2D eigenvalue weighted by molar-refractivity contribution is 5.91. The molecule has 0 unspecified atom stereocenters. The van der Waals surface area contributed by atoms with Crippen molar-refractivity contribution in [1.82, 2.24) is 9.78 Å². The second-order valence-corrected chi connectivity index (χ2v) is 4.45. The summed E-state index contributed by atoms with van der Waals surface area (Å²) in [6, 6.07) is 1.97. The van der Waals surface area contributed by atoms with E-state index >= 15 is 0 Å². The van der Waals surface area contributed by atoms with Crippen molar-refractivity contribution >= 4 is 11.7 Å². The number of hydrogen-bond donors (Lipinski definition) is 2. The van der Waals surface area contributed by atoms with Crippen LogP contribution in [-0.4, -0.2) is 21.7 Å². The monoisotopic (exact) mass is 222 g/mol. The van der Waals surface area contributed by atoms with Crippen LogP contribution in [0.15, 0.2) is 12.3 Å². The summed E-state index contributed by atoms with van der Waals surface area (Å²) in [5.74, 6) is 0.863. The van der Waals surface area contributed by atoms with Crippen molar-refractivity contribution in [2.45, 2.75) is 31.7 Å². The summed E-state index contributed by atoms with van der Waals surface area (Å²) in [6.45, 7) is 0. The molecule has 5 heteroatoms. The number of carbonyl (C=O) groups is 1. The van der Waals surface area contributed by atoms with Gasteiger partial charge in [-0.25, -0.2) is 0 Å². The van der Waals surface area contributed by atoms with Crippen LogP contribution < -0.4 is 11.1 Å². The SMILES string of the molecule is Cn1nccc1NC(=O)[C@H]1CCC[C@@H](N)C1. The normalized spacial score (nSPS) is 25.4. The van der Waals surface area contributed by atoms with Gasteiger partial charge >= 0.3 is 0 Å². The fourth-order valence-electron chi connectivity index (χ4n) is 2.19. The number of anilines is 1. The minimum Gasteiger partial charge on any atom is -0.328 e. The van der Waals surface area contributed by atoms with Crippen LogP contribution in [0.4, 0.5) is 5.82 Å². The Labute approximate surface area is 95.0 Å². The molecule has 0 aliphatic heterocycles. The average molecular weight is 222 g/mol. The highest BCUT2D eigenvalue weighted by atomic mass is 16.2. The van der Waals surface area contributed by atoms with Crippen molar-refractivity contribution in [3.63, 3.8) is 0 Å². The van der Waals surface area contributed by atoms with E-state index in [1.807, 2.05) is 7.05 Å². The van der Waals surface area contributed by atoms with Crippen molar-refractivity contribution in [3.8, 4) is 0 Å². The van der Waals surface area contributed by atoms with Gasteiger partial charge < -0.3 is 11.1 Å². The second-order valence-electron chi connectivity index (χ2n) is 4.45. The Bertz CT molecular complexity index is 374. The number of amides is 1. The molecule has 2 atom stereocenters. The number of aromatic nitrogens is 2. The van der Waals surface area contributed by atoms with E-state index in [2.05, 4.69) is 10.4 Å². The molecular formula is C11H18N4O. The molecule has 0 bridgehead atoms. The predicted octanol–water partition coefficient (Wildman–Crippen LogP) is 0.876. The van der Waals surface area contributed by atoms with Gasteiger partial charge in [0, 0.05) is 25.1 Å². The molecule has 1 aromatic heterocycles. The van der Waals surface area contributed by atoms with Crippen LogP contribution in [0, 0.1) is 5.92 Å². The third-order valence-corrected chi connectivity index (χ3v) is 3.16. The summed E-state index contributed by atoms with van der Waals surface area (Å²) in [4.78, 5) is 12.0. The maximum Gasteiger partial charge on any atom is 0.228 e. The minimum absolute atomic E-state index is 0.0543. The van der Waals surface area contributed by atoms with E-state index in [0.717, 1.165) is 31.5 Å². The van der Waals surface area contributed by atoms with Gasteiger partial charge in [-0.15, -0.1) is 0 Å². The van der Waals surface area contributed by atoms with E-state index in [1.54, 1.807) is 16.9 Å². The molecule has 3 N–H and O–H groups in total. The van der Waals surface area contributed by atoms with E-state index < -0.39 is 0 Å². The Morgan fingerprint density at radius 1 is 1.62 bits per heavy atom. The first kappa shape index (κ1) is 11.1. The molecule has 1 aliphatic rings. The van der Waals surface area contributed by atoms with Crippen molar-refractivity contribution in [1.29, 1.82) is 0 Å². The summed E-state index contributed by atoms with van der Waals surface area (Å²) in [7, 11) is 1.81. The van der Waals surface area contributed by atoms with E-state index in [9.17, 15) is 4.79 Å². The third kappa shape index (κ3) is 2.41. The fourth-order valence-corrected chi connectivity index (χ4v) is 2.19. The lowest BCUT2D eigenvalue weighted by molar-refractivity contribution is -0.120. The molecular weight excluding hydrogens is 204 g/mol. The molecule has 1 amide bonds. The summed E-state index contributed by atoms with van der Waals surface area (Å²) in [6.07, 6.45) is 5.49. The number of carbonyl (C=O) groups excluding carboxylic acids is 1. The van der Waals surface area contributed by atoms with Crippen LogP contribution in [0.5, 0.6) is 0 Å². The topological polar surface area (TPSA) is 72.9 Å². The van der Waals surface area contributed by atoms with Gasteiger partial charge in [0.05, 0.1) is 6.20 Å². The van der Waals surface area contributed by atoms with Crippen LogP contribution in [-0.2, 0) is 11.8 Å². The van der Waals surface area contributed by atoms with Crippen molar-refractivity contribution in [2.24, 2.45) is 18.7 Å². The summed E-state index contributed by atoms with van der Waals surface area (Å²) < 4.78 is 1.65. The Hall–Kier alpha value is -1.36. The molecule has 16 heavy (non-hydrogen) atoms. The summed E-state index contributed by atoms with van der Waals surface area (Å²) >= 11 is 0. The molecule has 88 valence electrons. The van der Waals surface area contributed by atoms with Gasteiger partial charge in [-0.3, -0.25) is 9.48 Å². The minimum atomic E-state index is 0.0543. The number of nitrogens with one attached hydrogen (secondary N) is 1. The average Bonchev–Trinajstić information content (AvgIpc) is 2.64. The molecule has 0 radical (unpaired) electrons. The molecule has 5 nitrogen and oxygen atoms in total. The van der Waals surface area contributed by atoms with Gasteiger partial charge in [0.15, 0.2) is 0 Å². The maximum atomic E-state index is 12.0. The number of hydrogen-bond acceptors (Lipinski definition) is 3. The molecule has 1 fully saturated rings. The first-order valence-corrected chi connectivity index (χ1v) is 5.71. The highest BCUT2D eigenvalue weighted by Crippen LogP contribution is 2.24. The first-order valence-electron chi connectivity index (χ1n) is 5.71. The first-order chi connectivity index (χ1) is 7.66. The number of nitrogens with two attached hydrogens (primary N) is 1. The van der Waals surface area contributed by atoms with Crippen molar-refractivity contribution in [2.75, 3.05) is 5.32 Å². The van der Waals surface area contributed by atoms with Gasteiger partial charge in [0.25, 0.3) is 0 Å². The lowest BCUT2D eigenvalue weighted by Gasteiger charge is -2.25. The van der Waals surface area contributed by atoms with Gasteiger partial charge in [0.2, 0.25) is 5.91 Å². The Balaban J connectivity index is 1.95. The fraction of sp³-hybridized carbons (Fsp3) is 0.636. The number of rotatable bonds is 2. The van der Waals surface area contributed by atoms with E-state index in [4.69, 9.17) is 5.73 Å². The number of aryl methyl sites for hydroxylation is 1. The molecule has 1 aliphatic carbocycles. The second kappa shape index (κ2) is 4.65. The Morgan fingerprint density at radius 2 is 2.44 bits per heavy atom. The Kier molecular flexibility index (Phi) is 3.24. The van der Waals surface area contributed by atoms with Crippen molar-refractivity contribution < 1.29 is 4.79 Å². The molecule has 0 spiro atoms. The van der Waals surface area contributed by atoms with Gasteiger partial charge in [-0.05, 0) is 19.3 Å². The smallest absolute Gasteiger partial charge is 0.228 e. The van der Waals surface area contributed by atoms with Gasteiger partial charge in [-0.1, -0.05) is 6.42 Å². The van der Waals surface area contributed by atoms with E-state index in [-0.39, 0.29) is 17.9 Å². The lowest BCUT2D eigenvalue weighted by atomic mass is 9.85. The van der Waals surface area contributed by atoms with E-state index in [0.29, 0.717) is 0 Å². The van der Waals surface area contributed by atoms with Crippen molar-refractivity contribution in [3.05, 3.63) is 12.3 Å². The summed E-state index contributed by atoms with van der Waals surface area (Å²) in [5, 5.41) is 6.89. The zero-order valence-electron chi connectivity index (χ0n) is 9.52. The molecule has 2 rings (SSSR count). The maximum absolute atomic E-state index is 12.0. The standard InChI is InChI=1S/C11H18N4O/c1-15-10(5-6-13-15)14-11(16)8-3-2-4-9(12)7-8/h5-6,8-9H,2-4,7,12H2,1H3,(H,14,16)/t8-,9+/m0/s1. The van der Waals surface area contributed by atoms with Crippen LogP contribution in [0.3, 0.4) is 0 Å². The summed E-state index contributed by atoms with van der Waals surface area (Å²) in [5.41, 5.74) is 5.87. The molecule has 1 saturated carbocycles.